The summed E-state index contributed by atoms with van der Waals surface area (Å²) in [5.41, 5.74) is 2.83. The van der Waals surface area contributed by atoms with Crippen LogP contribution in [-0.2, 0) is 6.54 Å². The highest BCUT2D eigenvalue weighted by atomic mass is 16.2. The second-order valence-electron chi connectivity index (χ2n) is 6.06. The van der Waals surface area contributed by atoms with Crippen LogP contribution in [0.4, 0.5) is 0 Å². The number of rotatable bonds is 6. The van der Waals surface area contributed by atoms with Crippen LogP contribution in [0.5, 0.6) is 0 Å². The predicted octanol–water partition coefficient (Wildman–Crippen LogP) is 2.46. The average molecular weight is 363 g/mol. The van der Waals surface area contributed by atoms with Crippen LogP contribution in [-0.4, -0.2) is 33.5 Å². The largest absolute Gasteiger partial charge is 0.352 e. The molecule has 2 amide bonds. The normalized spacial score (nSPS) is 10.4. The maximum atomic E-state index is 12.4. The number of amides is 2. The lowest BCUT2D eigenvalue weighted by molar-refractivity contribution is 0.0947. The molecule has 0 spiro atoms. The highest BCUT2D eigenvalue weighted by Gasteiger charge is 2.09. The summed E-state index contributed by atoms with van der Waals surface area (Å²) >= 11 is 0. The first kappa shape index (κ1) is 18.3. The van der Waals surface area contributed by atoms with E-state index >= 15 is 0 Å². The first-order valence-corrected chi connectivity index (χ1v) is 8.71. The van der Waals surface area contributed by atoms with Gasteiger partial charge in [-0.15, -0.1) is 0 Å². The molecule has 0 radical (unpaired) electrons. The summed E-state index contributed by atoms with van der Waals surface area (Å²) in [4.78, 5) is 28.5. The Bertz CT molecular complexity index is 947. The number of carbonyl (C=O) groups excluding carboxylic acids is 2. The first-order chi connectivity index (χ1) is 13.1. The molecule has 7 nitrogen and oxygen atoms in total. The molecule has 0 saturated heterocycles. The van der Waals surface area contributed by atoms with Crippen LogP contribution < -0.4 is 10.6 Å². The number of aromatic nitrogens is 3. The van der Waals surface area contributed by atoms with Gasteiger partial charge in [0.2, 0.25) is 0 Å². The molecule has 0 fully saturated rings. The van der Waals surface area contributed by atoms with Crippen LogP contribution in [0.3, 0.4) is 0 Å². The number of benzene rings is 2. The lowest BCUT2D eigenvalue weighted by Crippen LogP contribution is -2.24. The molecule has 0 aliphatic rings. The van der Waals surface area contributed by atoms with Gasteiger partial charge in [0.05, 0.1) is 0 Å². The summed E-state index contributed by atoms with van der Waals surface area (Å²) in [5, 5.41) is 12.5. The number of aryl methyl sites for hydroxylation is 1. The molecule has 0 bridgehead atoms. The Morgan fingerprint density at radius 1 is 1.00 bits per heavy atom. The highest BCUT2D eigenvalue weighted by Crippen LogP contribution is 2.15. The van der Waals surface area contributed by atoms with Crippen molar-refractivity contribution in [3.05, 3.63) is 71.0 Å². The molecule has 0 aliphatic heterocycles. The van der Waals surface area contributed by atoms with Crippen molar-refractivity contribution in [1.82, 2.24) is 25.8 Å². The zero-order valence-electron chi connectivity index (χ0n) is 15.2. The molecular formula is C20H21N5O2. The molecule has 1 heterocycles. The van der Waals surface area contributed by atoms with Gasteiger partial charge >= 0.3 is 0 Å². The van der Waals surface area contributed by atoms with E-state index in [9.17, 15) is 9.59 Å². The zero-order chi connectivity index (χ0) is 19.2. The van der Waals surface area contributed by atoms with Crippen molar-refractivity contribution in [2.24, 2.45) is 0 Å². The fourth-order valence-electron chi connectivity index (χ4n) is 2.61. The Kier molecular flexibility index (Phi) is 5.61. The number of nitrogens with zero attached hydrogens (tertiary/aromatic N) is 2. The molecule has 0 atom stereocenters. The predicted molar refractivity (Wildman–Crippen MR) is 102 cm³/mol. The number of nitrogens with one attached hydrogen (secondary N) is 3. The van der Waals surface area contributed by atoms with Gasteiger partial charge in [-0.1, -0.05) is 24.3 Å². The number of aromatic amines is 1. The topological polar surface area (TPSA) is 99.8 Å². The number of carbonyl (C=O) groups is 2. The number of hydrogen-bond acceptors (Lipinski definition) is 4. The Labute approximate surface area is 157 Å². The monoisotopic (exact) mass is 363 g/mol. The van der Waals surface area contributed by atoms with Crippen LogP contribution in [0.25, 0.3) is 11.4 Å². The molecule has 138 valence electrons. The van der Waals surface area contributed by atoms with Gasteiger partial charge < -0.3 is 10.6 Å². The Morgan fingerprint density at radius 2 is 1.74 bits per heavy atom. The minimum absolute atomic E-state index is 0.122. The summed E-state index contributed by atoms with van der Waals surface area (Å²) in [6, 6.07) is 14.3. The van der Waals surface area contributed by atoms with Crippen molar-refractivity contribution >= 4 is 11.8 Å². The van der Waals surface area contributed by atoms with Crippen LogP contribution in [0.15, 0.2) is 48.5 Å². The molecular weight excluding hydrogens is 342 g/mol. The molecule has 7 heteroatoms. The van der Waals surface area contributed by atoms with Crippen LogP contribution >= 0.6 is 0 Å². The minimum atomic E-state index is -0.184. The zero-order valence-corrected chi connectivity index (χ0v) is 15.2. The van der Waals surface area contributed by atoms with Crippen LogP contribution in [0.1, 0.15) is 39.0 Å². The molecule has 0 saturated carbocycles. The summed E-state index contributed by atoms with van der Waals surface area (Å²) < 4.78 is 0. The van der Waals surface area contributed by atoms with E-state index in [0.29, 0.717) is 30.0 Å². The summed E-state index contributed by atoms with van der Waals surface area (Å²) in [7, 11) is 0. The Balaban J connectivity index is 1.62. The van der Waals surface area contributed by atoms with Crippen molar-refractivity contribution < 1.29 is 9.59 Å². The molecule has 3 aromatic rings. The fourth-order valence-corrected chi connectivity index (χ4v) is 2.61. The third kappa shape index (κ3) is 4.58. The Morgan fingerprint density at radius 3 is 2.41 bits per heavy atom. The van der Waals surface area contributed by atoms with E-state index in [1.54, 1.807) is 30.3 Å². The standard InChI is InChI=1S/C20H21N5O2/c1-3-21-20(27)17-6-4-5-14(11-17)12-22-19(26)16-9-7-15(8-10-16)18-23-13(2)24-25-18/h4-11H,3,12H2,1-2H3,(H,21,27)(H,22,26)(H,23,24,25). The SMILES string of the molecule is CCNC(=O)c1cccc(CNC(=O)c2ccc(-c3n[nH]c(C)n3)cc2)c1. The van der Waals surface area contributed by atoms with E-state index in [1.165, 1.54) is 0 Å². The molecule has 3 N–H and O–H groups in total. The van der Waals surface area contributed by atoms with Gasteiger partial charge in [-0.05, 0) is 43.7 Å². The van der Waals surface area contributed by atoms with Crippen molar-refractivity contribution in [3.8, 4) is 11.4 Å². The third-order valence-electron chi connectivity index (χ3n) is 3.98. The molecule has 2 aromatic carbocycles. The molecule has 3 rings (SSSR count). The van der Waals surface area contributed by atoms with E-state index in [0.717, 1.165) is 17.0 Å². The number of hydrogen-bond donors (Lipinski definition) is 3. The van der Waals surface area contributed by atoms with Gasteiger partial charge in [-0.3, -0.25) is 14.7 Å². The van der Waals surface area contributed by atoms with Gasteiger partial charge in [-0.2, -0.15) is 5.10 Å². The van der Waals surface area contributed by atoms with Gasteiger partial charge in [0.25, 0.3) is 11.8 Å². The average Bonchev–Trinajstić information content (AvgIpc) is 3.13. The van der Waals surface area contributed by atoms with Crippen molar-refractivity contribution in [3.63, 3.8) is 0 Å². The smallest absolute Gasteiger partial charge is 0.251 e. The van der Waals surface area contributed by atoms with E-state index in [4.69, 9.17) is 0 Å². The minimum Gasteiger partial charge on any atom is -0.352 e. The maximum Gasteiger partial charge on any atom is 0.251 e. The lowest BCUT2D eigenvalue weighted by atomic mass is 10.1. The van der Waals surface area contributed by atoms with Gasteiger partial charge in [0.15, 0.2) is 5.82 Å². The Hall–Kier alpha value is -3.48. The molecule has 27 heavy (non-hydrogen) atoms. The van der Waals surface area contributed by atoms with Crippen molar-refractivity contribution in [1.29, 1.82) is 0 Å². The summed E-state index contributed by atoms with van der Waals surface area (Å²) in [5.74, 6) is 1.03. The molecule has 0 aliphatic carbocycles. The maximum absolute atomic E-state index is 12.4. The first-order valence-electron chi connectivity index (χ1n) is 8.71. The van der Waals surface area contributed by atoms with Crippen LogP contribution in [0, 0.1) is 6.92 Å². The van der Waals surface area contributed by atoms with E-state index in [2.05, 4.69) is 25.8 Å². The number of H-pyrrole nitrogens is 1. The second-order valence-corrected chi connectivity index (χ2v) is 6.06. The van der Waals surface area contributed by atoms with Gasteiger partial charge in [0, 0.05) is 29.8 Å². The third-order valence-corrected chi connectivity index (χ3v) is 3.98. The van der Waals surface area contributed by atoms with Crippen molar-refractivity contribution in [2.75, 3.05) is 6.54 Å². The second kappa shape index (κ2) is 8.27. The van der Waals surface area contributed by atoms with Crippen LogP contribution in [0.2, 0.25) is 0 Å². The van der Waals surface area contributed by atoms with Crippen molar-refractivity contribution in [2.45, 2.75) is 20.4 Å². The van der Waals surface area contributed by atoms with Gasteiger partial charge in [-0.25, -0.2) is 4.98 Å². The fraction of sp³-hybridized carbons (Fsp3) is 0.200. The summed E-state index contributed by atoms with van der Waals surface area (Å²) in [6.07, 6.45) is 0. The summed E-state index contributed by atoms with van der Waals surface area (Å²) in [6.45, 7) is 4.62. The highest BCUT2D eigenvalue weighted by molar-refractivity contribution is 5.95. The molecule has 1 aromatic heterocycles. The lowest BCUT2D eigenvalue weighted by Gasteiger charge is -2.08. The van der Waals surface area contributed by atoms with E-state index in [1.807, 2.05) is 32.0 Å². The van der Waals surface area contributed by atoms with Gasteiger partial charge in [0.1, 0.15) is 5.82 Å². The molecule has 0 unspecified atom stereocenters. The van der Waals surface area contributed by atoms with E-state index in [-0.39, 0.29) is 11.8 Å². The van der Waals surface area contributed by atoms with E-state index < -0.39 is 0 Å². The quantitative estimate of drug-likeness (QED) is 0.626.